The van der Waals surface area contributed by atoms with Gasteiger partial charge in [-0.25, -0.2) is 0 Å². The number of nitrogens with zero attached hydrogens (tertiary/aromatic N) is 2. The Morgan fingerprint density at radius 3 is 2.63 bits per heavy atom. The lowest BCUT2D eigenvalue weighted by molar-refractivity contribution is 0.0753. The Kier molecular flexibility index (Phi) is 8.82. The standard InChI is InChI=1S/C21H23BrN2O3/c1-26-14-15-27-20-9-8-18(22)16-19(20)21(25)24(12-5-11-23)13-10-17-6-3-2-4-7-17/h2-4,6-9,16H,5,10,12-15H2,1H3. The van der Waals surface area contributed by atoms with Gasteiger partial charge in [-0.2, -0.15) is 5.26 Å². The van der Waals surface area contributed by atoms with E-state index in [-0.39, 0.29) is 12.3 Å². The molecule has 6 heteroatoms. The number of hydrogen-bond acceptors (Lipinski definition) is 4. The van der Waals surface area contributed by atoms with Crippen LogP contribution in [-0.4, -0.2) is 44.2 Å². The molecule has 0 spiro atoms. The van der Waals surface area contributed by atoms with Crippen molar-refractivity contribution >= 4 is 21.8 Å². The molecule has 0 fully saturated rings. The van der Waals surface area contributed by atoms with Crippen molar-refractivity contribution in [3.05, 3.63) is 64.1 Å². The van der Waals surface area contributed by atoms with Crippen LogP contribution in [0.2, 0.25) is 0 Å². The van der Waals surface area contributed by atoms with Crippen molar-refractivity contribution in [2.45, 2.75) is 12.8 Å². The van der Waals surface area contributed by atoms with E-state index in [1.807, 2.05) is 36.4 Å². The molecule has 0 bridgehead atoms. The van der Waals surface area contributed by atoms with Crippen molar-refractivity contribution < 1.29 is 14.3 Å². The number of carbonyl (C=O) groups is 1. The first kappa shape index (κ1) is 20.9. The highest BCUT2D eigenvalue weighted by Crippen LogP contribution is 2.25. The highest BCUT2D eigenvalue weighted by Gasteiger charge is 2.20. The quantitative estimate of drug-likeness (QED) is 0.532. The third-order valence-corrected chi connectivity index (χ3v) is 4.50. The topological polar surface area (TPSA) is 62.6 Å². The summed E-state index contributed by atoms with van der Waals surface area (Å²) in [5.41, 5.74) is 1.63. The van der Waals surface area contributed by atoms with E-state index in [0.29, 0.717) is 37.6 Å². The van der Waals surface area contributed by atoms with Gasteiger partial charge in [0.1, 0.15) is 12.4 Å². The Morgan fingerprint density at radius 2 is 1.93 bits per heavy atom. The second-order valence-corrected chi connectivity index (χ2v) is 6.83. The summed E-state index contributed by atoms with van der Waals surface area (Å²) in [6, 6.07) is 17.5. The minimum absolute atomic E-state index is 0.144. The van der Waals surface area contributed by atoms with Crippen molar-refractivity contribution in [1.29, 1.82) is 5.26 Å². The summed E-state index contributed by atoms with van der Waals surface area (Å²) in [6.45, 7) is 1.72. The fourth-order valence-corrected chi connectivity index (χ4v) is 2.97. The Morgan fingerprint density at radius 1 is 1.15 bits per heavy atom. The van der Waals surface area contributed by atoms with Crippen LogP contribution in [0.4, 0.5) is 0 Å². The van der Waals surface area contributed by atoms with Gasteiger partial charge in [-0.05, 0) is 30.2 Å². The molecule has 0 N–H and O–H groups in total. The minimum Gasteiger partial charge on any atom is -0.490 e. The van der Waals surface area contributed by atoms with Gasteiger partial charge in [-0.15, -0.1) is 0 Å². The molecule has 0 radical (unpaired) electrons. The Labute approximate surface area is 168 Å². The lowest BCUT2D eigenvalue weighted by Crippen LogP contribution is -2.34. The molecule has 2 rings (SSSR count). The number of amides is 1. The number of nitriles is 1. The number of methoxy groups -OCH3 is 1. The fraction of sp³-hybridized carbons (Fsp3) is 0.333. The molecular weight excluding hydrogens is 408 g/mol. The number of benzene rings is 2. The van der Waals surface area contributed by atoms with E-state index < -0.39 is 0 Å². The average molecular weight is 431 g/mol. The first-order valence-corrected chi connectivity index (χ1v) is 9.56. The second kappa shape index (κ2) is 11.4. The lowest BCUT2D eigenvalue weighted by Gasteiger charge is -2.23. The zero-order valence-electron chi connectivity index (χ0n) is 15.4. The van der Waals surface area contributed by atoms with Gasteiger partial charge < -0.3 is 14.4 Å². The van der Waals surface area contributed by atoms with Gasteiger partial charge in [-0.1, -0.05) is 46.3 Å². The molecule has 0 aliphatic heterocycles. The summed E-state index contributed by atoms with van der Waals surface area (Å²) in [5, 5.41) is 8.96. The molecule has 0 saturated carbocycles. The van der Waals surface area contributed by atoms with Gasteiger partial charge in [0, 0.05) is 24.7 Å². The third kappa shape index (κ3) is 6.70. The van der Waals surface area contributed by atoms with Crippen LogP contribution < -0.4 is 4.74 Å². The Balaban J connectivity index is 2.17. The molecule has 5 nitrogen and oxygen atoms in total. The Hall–Kier alpha value is -2.36. The summed E-state index contributed by atoms with van der Waals surface area (Å²) >= 11 is 3.42. The molecule has 0 saturated heterocycles. The number of carbonyl (C=O) groups excluding carboxylic acids is 1. The van der Waals surface area contributed by atoms with Crippen molar-refractivity contribution in [1.82, 2.24) is 4.90 Å². The highest BCUT2D eigenvalue weighted by atomic mass is 79.9. The van der Waals surface area contributed by atoms with Crippen LogP contribution in [-0.2, 0) is 11.2 Å². The van der Waals surface area contributed by atoms with Crippen LogP contribution in [0.15, 0.2) is 53.0 Å². The molecule has 142 valence electrons. The summed E-state index contributed by atoms with van der Waals surface area (Å²) in [5.74, 6) is 0.372. The monoisotopic (exact) mass is 430 g/mol. The second-order valence-electron chi connectivity index (χ2n) is 5.92. The van der Waals surface area contributed by atoms with Gasteiger partial charge >= 0.3 is 0 Å². The van der Waals surface area contributed by atoms with E-state index in [2.05, 4.69) is 22.0 Å². The summed E-state index contributed by atoms with van der Waals surface area (Å²) in [4.78, 5) is 14.9. The molecule has 1 amide bonds. The van der Waals surface area contributed by atoms with Crippen molar-refractivity contribution in [3.8, 4) is 11.8 Å². The first-order valence-electron chi connectivity index (χ1n) is 8.77. The van der Waals surface area contributed by atoms with Crippen LogP contribution in [0.1, 0.15) is 22.3 Å². The molecule has 2 aromatic rings. The van der Waals surface area contributed by atoms with E-state index in [9.17, 15) is 4.79 Å². The van der Waals surface area contributed by atoms with Gasteiger partial charge in [0.2, 0.25) is 0 Å². The Bertz CT molecular complexity index is 775. The molecule has 0 aliphatic rings. The lowest BCUT2D eigenvalue weighted by atomic mass is 10.1. The van der Waals surface area contributed by atoms with Gasteiger partial charge in [0.25, 0.3) is 5.91 Å². The summed E-state index contributed by atoms with van der Waals surface area (Å²) in [7, 11) is 1.60. The maximum atomic E-state index is 13.2. The summed E-state index contributed by atoms with van der Waals surface area (Å²) in [6.07, 6.45) is 1.01. The number of halogens is 1. The van der Waals surface area contributed by atoms with Crippen LogP contribution in [0.5, 0.6) is 5.75 Å². The highest BCUT2D eigenvalue weighted by molar-refractivity contribution is 9.10. The average Bonchev–Trinajstić information content (AvgIpc) is 2.69. The van der Waals surface area contributed by atoms with E-state index in [1.165, 1.54) is 0 Å². The van der Waals surface area contributed by atoms with E-state index in [4.69, 9.17) is 14.7 Å². The molecule has 2 aromatic carbocycles. The summed E-state index contributed by atoms with van der Waals surface area (Å²) < 4.78 is 11.5. The maximum Gasteiger partial charge on any atom is 0.257 e. The predicted octanol–water partition coefficient (Wildman–Crippen LogP) is 4.07. The van der Waals surface area contributed by atoms with Crippen LogP contribution in [0.3, 0.4) is 0 Å². The molecule has 0 heterocycles. The van der Waals surface area contributed by atoms with E-state index in [0.717, 1.165) is 16.5 Å². The number of hydrogen-bond donors (Lipinski definition) is 0. The molecule has 0 atom stereocenters. The first-order chi connectivity index (χ1) is 13.2. The van der Waals surface area contributed by atoms with Gasteiger partial charge in [0.15, 0.2) is 0 Å². The zero-order chi connectivity index (χ0) is 19.5. The maximum absolute atomic E-state index is 13.2. The van der Waals surface area contributed by atoms with Gasteiger partial charge in [0.05, 0.1) is 24.7 Å². The van der Waals surface area contributed by atoms with Crippen molar-refractivity contribution in [2.24, 2.45) is 0 Å². The van der Waals surface area contributed by atoms with Crippen molar-refractivity contribution in [2.75, 3.05) is 33.4 Å². The smallest absolute Gasteiger partial charge is 0.257 e. The molecule has 27 heavy (non-hydrogen) atoms. The van der Waals surface area contributed by atoms with Gasteiger partial charge in [-0.3, -0.25) is 4.79 Å². The molecular formula is C21H23BrN2O3. The van der Waals surface area contributed by atoms with Crippen LogP contribution >= 0.6 is 15.9 Å². The van der Waals surface area contributed by atoms with Crippen LogP contribution in [0, 0.1) is 11.3 Å². The van der Waals surface area contributed by atoms with Crippen molar-refractivity contribution in [3.63, 3.8) is 0 Å². The van der Waals surface area contributed by atoms with Crippen LogP contribution in [0.25, 0.3) is 0 Å². The minimum atomic E-state index is -0.144. The van der Waals surface area contributed by atoms with E-state index >= 15 is 0 Å². The third-order valence-electron chi connectivity index (χ3n) is 4.01. The van der Waals surface area contributed by atoms with E-state index in [1.54, 1.807) is 24.1 Å². The normalized spacial score (nSPS) is 10.3. The SMILES string of the molecule is COCCOc1ccc(Br)cc1C(=O)N(CCC#N)CCc1ccccc1. The zero-order valence-corrected chi connectivity index (χ0v) is 16.9. The predicted molar refractivity (Wildman–Crippen MR) is 108 cm³/mol. The fourth-order valence-electron chi connectivity index (χ4n) is 2.61. The molecule has 0 unspecified atom stereocenters. The number of rotatable bonds is 10. The number of ether oxygens (including phenoxy) is 2. The molecule has 0 aromatic heterocycles. The largest absolute Gasteiger partial charge is 0.490 e. The molecule has 0 aliphatic carbocycles.